The third-order valence-electron chi connectivity index (χ3n) is 4.63. The van der Waals surface area contributed by atoms with E-state index in [4.69, 9.17) is 4.74 Å². The number of rotatable bonds is 6. The minimum Gasteiger partial charge on any atom is -0.461 e. The summed E-state index contributed by atoms with van der Waals surface area (Å²) < 4.78 is 5.05. The smallest absolute Gasteiger partial charge is 0.382 e. The van der Waals surface area contributed by atoms with Gasteiger partial charge in [-0.3, -0.25) is 10.1 Å². The molecule has 0 aliphatic rings. The number of benzene rings is 2. The van der Waals surface area contributed by atoms with Crippen molar-refractivity contribution in [3.05, 3.63) is 81.0 Å². The molecule has 1 aromatic heterocycles. The minimum atomic E-state index is -1.52. The molecule has 2 atom stereocenters. The second-order valence-electron chi connectivity index (χ2n) is 6.67. The van der Waals surface area contributed by atoms with Crippen molar-refractivity contribution in [3.63, 3.8) is 0 Å². The van der Waals surface area contributed by atoms with Gasteiger partial charge in [-0.05, 0) is 38.0 Å². The molecule has 6 heteroatoms. The molecule has 140 valence electrons. The summed E-state index contributed by atoms with van der Waals surface area (Å²) in [7, 11) is 0. The summed E-state index contributed by atoms with van der Waals surface area (Å²) in [6, 6.07) is 11.9. The first-order valence-electron chi connectivity index (χ1n) is 8.86. The molecule has 0 saturated heterocycles. The van der Waals surface area contributed by atoms with Gasteiger partial charge in [-0.1, -0.05) is 47.5 Å². The maximum absolute atomic E-state index is 12.5. The van der Waals surface area contributed by atoms with Gasteiger partial charge >= 0.3 is 12.0 Å². The lowest BCUT2D eigenvalue weighted by molar-refractivity contribution is -0.513. The molecule has 0 aliphatic heterocycles. The molecular formula is C21H22N2O4. The van der Waals surface area contributed by atoms with Crippen LogP contribution in [0.5, 0.6) is 0 Å². The van der Waals surface area contributed by atoms with Gasteiger partial charge in [-0.25, -0.2) is 4.79 Å². The van der Waals surface area contributed by atoms with Gasteiger partial charge in [0, 0.05) is 22.0 Å². The van der Waals surface area contributed by atoms with Crippen molar-refractivity contribution in [2.75, 3.05) is 6.61 Å². The van der Waals surface area contributed by atoms with Gasteiger partial charge in [0.15, 0.2) is 0 Å². The van der Waals surface area contributed by atoms with Crippen LogP contribution in [0, 0.1) is 24.0 Å². The summed E-state index contributed by atoms with van der Waals surface area (Å²) >= 11 is 0. The Hall–Kier alpha value is -3.15. The third kappa shape index (κ3) is 3.69. The molecule has 0 radical (unpaired) electrons. The number of para-hydroxylation sites is 1. The summed E-state index contributed by atoms with van der Waals surface area (Å²) in [4.78, 5) is 27.1. The van der Waals surface area contributed by atoms with E-state index in [0.29, 0.717) is 5.56 Å². The molecule has 1 unspecified atom stereocenters. The molecule has 0 aliphatic carbocycles. The predicted molar refractivity (Wildman–Crippen MR) is 103 cm³/mol. The van der Waals surface area contributed by atoms with E-state index >= 15 is 0 Å². The van der Waals surface area contributed by atoms with Crippen molar-refractivity contribution in [3.8, 4) is 0 Å². The average molecular weight is 366 g/mol. The lowest BCUT2D eigenvalue weighted by Crippen LogP contribution is -2.37. The van der Waals surface area contributed by atoms with Crippen LogP contribution in [0.25, 0.3) is 10.9 Å². The summed E-state index contributed by atoms with van der Waals surface area (Å²) in [6.45, 7) is 5.62. The van der Waals surface area contributed by atoms with Crippen LogP contribution in [0.1, 0.15) is 35.1 Å². The topological polar surface area (TPSA) is 85.2 Å². The highest BCUT2D eigenvalue weighted by atomic mass is 16.6. The van der Waals surface area contributed by atoms with Gasteiger partial charge in [0.2, 0.25) is 0 Å². The zero-order valence-electron chi connectivity index (χ0n) is 15.6. The number of aryl methyl sites for hydroxylation is 2. The quantitative estimate of drug-likeness (QED) is 0.404. The average Bonchev–Trinajstić information content (AvgIpc) is 3.02. The third-order valence-corrected chi connectivity index (χ3v) is 4.63. The van der Waals surface area contributed by atoms with Crippen LogP contribution in [-0.2, 0) is 9.53 Å². The first-order valence-corrected chi connectivity index (χ1v) is 8.86. The van der Waals surface area contributed by atoms with Crippen molar-refractivity contribution < 1.29 is 14.5 Å². The Morgan fingerprint density at radius 3 is 2.48 bits per heavy atom. The second-order valence-corrected chi connectivity index (χ2v) is 6.67. The molecular weight excluding hydrogens is 344 g/mol. The van der Waals surface area contributed by atoms with E-state index in [2.05, 4.69) is 4.98 Å². The van der Waals surface area contributed by atoms with E-state index in [0.717, 1.165) is 27.6 Å². The standard InChI is InChI=1S/C21H22N2O4/c1-4-27-21(24)20(23(25)26)19(15-10-13(2)9-14(3)11-15)17-12-22-18-8-6-5-7-16(17)18/h5-12,19-20,22H,4H2,1-3H3/t19-,20?/m0/s1. The molecule has 0 amide bonds. The number of carbonyl (C=O) groups excluding carboxylic acids is 1. The largest absolute Gasteiger partial charge is 0.461 e. The van der Waals surface area contributed by atoms with Gasteiger partial charge in [0.05, 0.1) is 12.5 Å². The normalized spacial score (nSPS) is 13.3. The first kappa shape index (κ1) is 18.6. The Morgan fingerprint density at radius 2 is 1.85 bits per heavy atom. The summed E-state index contributed by atoms with van der Waals surface area (Å²) in [5, 5.41) is 12.8. The van der Waals surface area contributed by atoms with Crippen LogP contribution in [0.3, 0.4) is 0 Å². The summed E-state index contributed by atoms with van der Waals surface area (Å²) in [5.41, 5.74) is 4.28. The number of hydrogen-bond acceptors (Lipinski definition) is 4. The molecule has 3 rings (SSSR count). The first-order chi connectivity index (χ1) is 12.9. The lowest BCUT2D eigenvalue weighted by Gasteiger charge is -2.21. The molecule has 3 aromatic rings. The zero-order valence-corrected chi connectivity index (χ0v) is 15.6. The fourth-order valence-corrected chi connectivity index (χ4v) is 3.64. The van der Waals surface area contributed by atoms with E-state index in [-0.39, 0.29) is 6.61 Å². The number of nitro groups is 1. The van der Waals surface area contributed by atoms with Crippen LogP contribution >= 0.6 is 0 Å². The molecule has 0 fully saturated rings. The SMILES string of the molecule is CCOC(=O)C([C@@H](c1cc(C)cc(C)c1)c1c[nH]c2ccccc12)[N+](=O)[O-]. The number of aromatic nitrogens is 1. The number of aromatic amines is 1. The Kier molecular flexibility index (Phi) is 5.26. The van der Waals surface area contributed by atoms with Crippen LogP contribution in [0.4, 0.5) is 0 Å². The zero-order chi connectivity index (χ0) is 19.6. The Labute approximate surface area is 157 Å². The Balaban J connectivity index is 2.25. The Morgan fingerprint density at radius 1 is 1.19 bits per heavy atom. The van der Waals surface area contributed by atoms with Gasteiger partial charge in [0.25, 0.3) is 0 Å². The van der Waals surface area contributed by atoms with Gasteiger partial charge < -0.3 is 9.72 Å². The number of nitrogens with one attached hydrogen (secondary N) is 1. The maximum atomic E-state index is 12.5. The molecule has 2 aromatic carbocycles. The molecule has 0 bridgehead atoms. The Bertz CT molecular complexity index is 973. The van der Waals surface area contributed by atoms with E-state index in [1.165, 1.54) is 0 Å². The van der Waals surface area contributed by atoms with Crippen LogP contribution < -0.4 is 0 Å². The van der Waals surface area contributed by atoms with Crippen molar-refractivity contribution >= 4 is 16.9 Å². The lowest BCUT2D eigenvalue weighted by atomic mass is 9.83. The number of fused-ring (bicyclic) bond motifs is 1. The highest BCUT2D eigenvalue weighted by Crippen LogP contribution is 2.36. The van der Waals surface area contributed by atoms with Crippen LogP contribution in [0.15, 0.2) is 48.7 Å². The molecule has 27 heavy (non-hydrogen) atoms. The number of hydrogen-bond donors (Lipinski definition) is 1. The van der Waals surface area contributed by atoms with Crippen molar-refractivity contribution in [1.82, 2.24) is 4.98 Å². The van der Waals surface area contributed by atoms with Crippen molar-refractivity contribution in [1.29, 1.82) is 0 Å². The van der Waals surface area contributed by atoms with Gasteiger partial charge in [-0.2, -0.15) is 0 Å². The number of H-pyrrole nitrogens is 1. The van der Waals surface area contributed by atoms with Crippen LogP contribution in [0.2, 0.25) is 0 Å². The number of esters is 1. The predicted octanol–water partition coefficient (Wildman–Crippen LogP) is 4.13. The fraction of sp³-hybridized carbons (Fsp3) is 0.286. The number of nitrogens with zero attached hydrogens (tertiary/aromatic N) is 1. The van der Waals surface area contributed by atoms with E-state index in [1.807, 2.05) is 56.3 Å². The number of ether oxygens (including phenoxy) is 1. The number of carbonyl (C=O) groups is 1. The van der Waals surface area contributed by atoms with E-state index in [1.54, 1.807) is 13.1 Å². The van der Waals surface area contributed by atoms with Crippen LogP contribution in [-0.4, -0.2) is 28.5 Å². The van der Waals surface area contributed by atoms with Gasteiger partial charge in [0.1, 0.15) is 0 Å². The van der Waals surface area contributed by atoms with E-state index in [9.17, 15) is 14.9 Å². The summed E-state index contributed by atoms with van der Waals surface area (Å²) in [6.07, 6.45) is 1.75. The monoisotopic (exact) mass is 366 g/mol. The maximum Gasteiger partial charge on any atom is 0.382 e. The fourth-order valence-electron chi connectivity index (χ4n) is 3.64. The molecule has 1 N–H and O–H groups in total. The van der Waals surface area contributed by atoms with Crippen molar-refractivity contribution in [2.24, 2.45) is 0 Å². The minimum absolute atomic E-state index is 0.0939. The summed E-state index contributed by atoms with van der Waals surface area (Å²) in [5.74, 6) is -1.58. The molecule has 1 heterocycles. The molecule has 0 saturated carbocycles. The highest BCUT2D eigenvalue weighted by Gasteiger charge is 2.43. The van der Waals surface area contributed by atoms with Gasteiger partial charge in [-0.15, -0.1) is 0 Å². The van der Waals surface area contributed by atoms with Crippen molar-refractivity contribution in [2.45, 2.75) is 32.7 Å². The second kappa shape index (κ2) is 7.61. The molecule has 0 spiro atoms. The van der Waals surface area contributed by atoms with E-state index < -0.39 is 22.9 Å². The highest BCUT2D eigenvalue weighted by molar-refractivity contribution is 5.86. The molecule has 6 nitrogen and oxygen atoms in total.